The molecule has 2 aromatic rings. The summed E-state index contributed by atoms with van der Waals surface area (Å²) in [6, 6.07) is 9.56. The van der Waals surface area contributed by atoms with Gasteiger partial charge in [0.05, 0.1) is 25.5 Å². The van der Waals surface area contributed by atoms with Gasteiger partial charge in [0.2, 0.25) is 15.7 Å². The number of ether oxygens (including phenoxy) is 2. The summed E-state index contributed by atoms with van der Waals surface area (Å²) in [5.41, 5.74) is 0.915. The second-order valence-corrected chi connectivity index (χ2v) is 7.15. The first-order valence-electron chi connectivity index (χ1n) is 7.40. The molecule has 0 fully saturated rings. The van der Waals surface area contributed by atoms with Crippen molar-refractivity contribution in [3.05, 3.63) is 48.0 Å². The predicted octanol–water partition coefficient (Wildman–Crippen LogP) is 2.88. The summed E-state index contributed by atoms with van der Waals surface area (Å²) >= 11 is 0. The fourth-order valence-corrected chi connectivity index (χ4v) is 2.93. The number of rotatable bonds is 7. The van der Waals surface area contributed by atoms with Crippen molar-refractivity contribution in [2.75, 3.05) is 19.5 Å². The molecule has 1 amide bonds. The Hall–Kier alpha value is -2.68. The molecule has 0 spiro atoms. The minimum absolute atomic E-state index is 0.00422. The number of methoxy groups -OCH3 is 2. The quantitative estimate of drug-likeness (QED) is 0.793. The number of amides is 1. The molecule has 0 saturated heterocycles. The molecule has 0 atom stereocenters. The zero-order valence-electron chi connectivity index (χ0n) is 14.0. The van der Waals surface area contributed by atoms with E-state index in [9.17, 15) is 22.0 Å². The van der Waals surface area contributed by atoms with Crippen LogP contribution < -0.4 is 14.8 Å². The van der Waals surface area contributed by atoms with E-state index in [0.29, 0.717) is 17.1 Å². The molecule has 0 aliphatic carbocycles. The van der Waals surface area contributed by atoms with Crippen molar-refractivity contribution in [1.29, 1.82) is 0 Å². The lowest BCUT2D eigenvalue weighted by Crippen LogP contribution is -2.15. The van der Waals surface area contributed by atoms with Gasteiger partial charge in [-0.2, -0.15) is 8.78 Å². The summed E-state index contributed by atoms with van der Waals surface area (Å²) in [5, 5.41) is 2.57. The van der Waals surface area contributed by atoms with Gasteiger partial charge in [-0.25, -0.2) is 8.42 Å². The molecular weight excluding hydrogens is 368 g/mol. The van der Waals surface area contributed by atoms with Crippen LogP contribution in [0.25, 0.3) is 0 Å². The fourth-order valence-electron chi connectivity index (χ4n) is 2.21. The average molecular weight is 385 g/mol. The lowest BCUT2D eigenvalue weighted by atomic mass is 10.1. The minimum Gasteiger partial charge on any atom is -0.497 e. The van der Waals surface area contributed by atoms with Gasteiger partial charge in [0.15, 0.2) is 0 Å². The highest BCUT2D eigenvalue weighted by Crippen LogP contribution is 2.25. The molecule has 9 heteroatoms. The number of hydrogen-bond acceptors (Lipinski definition) is 5. The monoisotopic (exact) mass is 385 g/mol. The van der Waals surface area contributed by atoms with Crippen molar-refractivity contribution in [1.82, 2.24) is 0 Å². The third-order valence-corrected chi connectivity index (χ3v) is 4.94. The summed E-state index contributed by atoms with van der Waals surface area (Å²) < 4.78 is 58.0. The van der Waals surface area contributed by atoms with Crippen molar-refractivity contribution in [3.8, 4) is 11.5 Å². The molecule has 0 radical (unpaired) electrons. The summed E-state index contributed by atoms with van der Waals surface area (Å²) in [7, 11) is -1.68. The number of carbonyl (C=O) groups is 1. The van der Waals surface area contributed by atoms with Gasteiger partial charge in [0.1, 0.15) is 11.5 Å². The van der Waals surface area contributed by atoms with Gasteiger partial charge < -0.3 is 14.8 Å². The number of benzene rings is 2. The van der Waals surface area contributed by atoms with E-state index in [1.165, 1.54) is 26.4 Å². The first-order chi connectivity index (χ1) is 12.3. The minimum atomic E-state index is -4.66. The van der Waals surface area contributed by atoms with Crippen LogP contribution >= 0.6 is 0 Å². The Morgan fingerprint density at radius 1 is 1.08 bits per heavy atom. The van der Waals surface area contributed by atoms with Gasteiger partial charge in [0.25, 0.3) is 0 Å². The van der Waals surface area contributed by atoms with Gasteiger partial charge in [-0.15, -0.1) is 0 Å². The molecule has 0 saturated carbocycles. The largest absolute Gasteiger partial charge is 0.497 e. The zero-order valence-corrected chi connectivity index (χ0v) is 14.8. The Balaban J connectivity index is 2.09. The van der Waals surface area contributed by atoms with Crippen LogP contribution in [-0.2, 0) is 21.1 Å². The molecule has 0 heterocycles. The number of carbonyl (C=O) groups excluding carboxylic acids is 1. The van der Waals surface area contributed by atoms with Crippen LogP contribution in [0.3, 0.4) is 0 Å². The topological polar surface area (TPSA) is 81.7 Å². The molecule has 0 bridgehead atoms. The van der Waals surface area contributed by atoms with E-state index in [4.69, 9.17) is 9.47 Å². The Morgan fingerprint density at radius 2 is 1.73 bits per heavy atom. The lowest BCUT2D eigenvalue weighted by Gasteiger charge is -2.11. The summed E-state index contributed by atoms with van der Waals surface area (Å²) in [5.74, 6) is -2.80. The Morgan fingerprint density at radius 3 is 2.27 bits per heavy atom. The summed E-state index contributed by atoms with van der Waals surface area (Å²) in [6.07, 6.45) is 0.00422. The van der Waals surface area contributed by atoms with Crippen LogP contribution in [0.2, 0.25) is 0 Å². The SMILES string of the molecule is COc1ccc(CC(=O)Nc2ccc(S(=O)(=O)C(F)F)cc2)c(OC)c1. The predicted molar refractivity (Wildman–Crippen MR) is 91.5 cm³/mol. The second-order valence-electron chi connectivity index (χ2n) is 5.23. The molecule has 1 N–H and O–H groups in total. The number of nitrogens with one attached hydrogen (secondary N) is 1. The summed E-state index contributed by atoms with van der Waals surface area (Å²) in [6.45, 7) is 0. The number of anilines is 1. The smallest absolute Gasteiger partial charge is 0.341 e. The molecule has 0 aliphatic rings. The maximum absolute atomic E-state index is 12.5. The van der Waals surface area contributed by atoms with E-state index < -0.39 is 20.5 Å². The highest BCUT2D eigenvalue weighted by molar-refractivity contribution is 7.91. The number of hydrogen-bond donors (Lipinski definition) is 1. The third kappa shape index (κ3) is 4.48. The van der Waals surface area contributed by atoms with E-state index in [2.05, 4.69) is 5.32 Å². The molecule has 0 unspecified atom stereocenters. The second kappa shape index (κ2) is 8.13. The van der Waals surface area contributed by atoms with E-state index in [1.807, 2.05) is 0 Å². The van der Waals surface area contributed by atoms with Gasteiger partial charge >= 0.3 is 5.76 Å². The number of alkyl halides is 2. The molecule has 2 aromatic carbocycles. The van der Waals surface area contributed by atoms with Gasteiger partial charge in [0, 0.05) is 17.3 Å². The van der Waals surface area contributed by atoms with Crippen LogP contribution in [0, 0.1) is 0 Å². The van der Waals surface area contributed by atoms with Gasteiger partial charge in [-0.3, -0.25) is 4.79 Å². The molecule has 6 nitrogen and oxygen atoms in total. The zero-order chi connectivity index (χ0) is 19.3. The van der Waals surface area contributed by atoms with E-state index in [1.54, 1.807) is 18.2 Å². The van der Waals surface area contributed by atoms with Gasteiger partial charge in [-0.05, 0) is 30.3 Å². The van der Waals surface area contributed by atoms with Crippen LogP contribution in [-0.4, -0.2) is 34.3 Å². The average Bonchev–Trinajstić information content (AvgIpc) is 2.62. The van der Waals surface area contributed by atoms with Crippen molar-refractivity contribution in [3.63, 3.8) is 0 Å². The van der Waals surface area contributed by atoms with Crippen LogP contribution in [0.5, 0.6) is 11.5 Å². The molecule has 0 aromatic heterocycles. The maximum Gasteiger partial charge on any atom is 0.341 e. The van der Waals surface area contributed by atoms with E-state index >= 15 is 0 Å². The van der Waals surface area contributed by atoms with Crippen molar-refractivity contribution >= 4 is 21.4 Å². The molecule has 26 heavy (non-hydrogen) atoms. The third-order valence-electron chi connectivity index (χ3n) is 3.55. The van der Waals surface area contributed by atoms with Crippen molar-refractivity contribution in [2.45, 2.75) is 17.1 Å². The van der Waals surface area contributed by atoms with E-state index in [-0.39, 0.29) is 18.0 Å². The van der Waals surface area contributed by atoms with E-state index in [0.717, 1.165) is 12.1 Å². The molecule has 140 valence electrons. The number of halogens is 2. The Labute approximate surface area is 149 Å². The van der Waals surface area contributed by atoms with Crippen molar-refractivity contribution < 1.29 is 31.5 Å². The first-order valence-corrected chi connectivity index (χ1v) is 8.95. The summed E-state index contributed by atoms with van der Waals surface area (Å²) in [4.78, 5) is 11.6. The maximum atomic E-state index is 12.5. The lowest BCUT2D eigenvalue weighted by molar-refractivity contribution is -0.115. The normalized spacial score (nSPS) is 11.3. The van der Waals surface area contributed by atoms with Crippen molar-refractivity contribution in [2.24, 2.45) is 0 Å². The molecule has 0 aliphatic heterocycles. The fraction of sp³-hybridized carbons (Fsp3) is 0.235. The Kier molecular flexibility index (Phi) is 6.14. The highest BCUT2D eigenvalue weighted by atomic mass is 32.2. The van der Waals surface area contributed by atoms with Crippen LogP contribution in [0.4, 0.5) is 14.5 Å². The van der Waals surface area contributed by atoms with Gasteiger partial charge in [-0.1, -0.05) is 6.07 Å². The molecular formula is C17H17F2NO5S. The molecule has 2 rings (SSSR count). The van der Waals surface area contributed by atoms with Crippen LogP contribution in [0.1, 0.15) is 5.56 Å². The highest BCUT2D eigenvalue weighted by Gasteiger charge is 2.26. The standard InChI is InChI=1S/C17H17F2NO5S/c1-24-13-6-3-11(15(10-13)25-2)9-16(21)20-12-4-7-14(8-5-12)26(22,23)17(18)19/h3-8,10,17H,9H2,1-2H3,(H,20,21). The number of sulfone groups is 1. The first kappa shape index (κ1) is 19.6. The van der Waals surface area contributed by atoms with Crippen LogP contribution in [0.15, 0.2) is 47.4 Å². The Bertz CT molecular complexity index is 883.